The van der Waals surface area contributed by atoms with Gasteiger partial charge in [-0.3, -0.25) is 4.79 Å². The van der Waals surface area contributed by atoms with Crippen LogP contribution in [0.3, 0.4) is 0 Å². The molecule has 0 saturated carbocycles. The van der Waals surface area contributed by atoms with Gasteiger partial charge in [0.15, 0.2) is 0 Å². The van der Waals surface area contributed by atoms with E-state index in [0.717, 1.165) is 25.9 Å². The van der Waals surface area contributed by atoms with E-state index < -0.39 is 0 Å². The highest BCUT2D eigenvalue weighted by atomic mass is 19.1. The average molecular weight is 280 g/mol. The molecule has 1 fully saturated rings. The number of carbonyl (C=O) groups excluding carboxylic acids is 1. The molecule has 0 aromatic heterocycles. The molecular weight excluding hydrogens is 259 g/mol. The van der Waals surface area contributed by atoms with E-state index in [-0.39, 0.29) is 17.8 Å². The fraction of sp³-hybridized carbons (Fsp3) is 0.533. The lowest BCUT2D eigenvalue weighted by Crippen LogP contribution is -2.45. The van der Waals surface area contributed by atoms with Crippen molar-refractivity contribution in [1.82, 2.24) is 10.6 Å². The van der Waals surface area contributed by atoms with Crippen molar-refractivity contribution in [1.29, 1.82) is 0 Å². The van der Waals surface area contributed by atoms with Gasteiger partial charge in [0.25, 0.3) is 0 Å². The van der Waals surface area contributed by atoms with Crippen LogP contribution in [0.15, 0.2) is 24.3 Å². The second kappa shape index (κ2) is 7.85. The number of piperidine rings is 1. The van der Waals surface area contributed by atoms with E-state index >= 15 is 0 Å². The molecule has 1 aromatic rings. The minimum Gasteiger partial charge on any atom is -0.493 e. The summed E-state index contributed by atoms with van der Waals surface area (Å²) in [6.45, 7) is 2.30. The number of benzene rings is 1. The standard InChI is InChI=1S/C15H21FN2O2/c16-12-4-1-6-14(10-12)20-9-3-7-15(19)18-13-5-2-8-17-11-13/h1,4,6,10,13,17H,2-3,5,7-9,11H2,(H,18,19). The summed E-state index contributed by atoms with van der Waals surface area (Å²) in [7, 11) is 0. The molecule has 0 radical (unpaired) electrons. The lowest BCUT2D eigenvalue weighted by molar-refractivity contribution is -0.122. The third-order valence-electron chi connectivity index (χ3n) is 3.27. The molecule has 1 aliphatic heterocycles. The van der Waals surface area contributed by atoms with E-state index in [2.05, 4.69) is 10.6 Å². The first kappa shape index (κ1) is 14.8. The van der Waals surface area contributed by atoms with Gasteiger partial charge >= 0.3 is 0 Å². The van der Waals surface area contributed by atoms with Crippen molar-refractivity contribution in [3.8, 4) is 5.75 Å². The maximum Gasteiger partial charge on any atom is 0.220 e. The summed E-state index contributed by atoms with van der Waals surface area (Å²) in [5.74, 6) is 0.244. The van der Waals surface area contributed by atoms with Gasteiger partial charge in [0, 0.05) is 25.1 Å². The van der Waals surface area contributed by atoms with Crippen molar-refractivity contribution in [2.75, 3.05) is 19.7 Å². The Hall–Kier alpha value is -1.62. The highest BCUT2D eigenvalue weighted by molar-refractivity contribution is 5.76. The summed E-state index contributed by atoms with van der Waals surface area (Å²) in [5.41, 5.74) is 0. The van der Waals surface area contributed by atoms with Gasteiger partial charge in [0.1, 0.15) is 11.6 Å². The third kappa shape index (κ3) is 5.17. The van der Waals surface area contributed by atoms with E-state index in [4.69, 9.17) is 4.74 Å². The molecular formula is C15H21FN2O2. The van der Waals surface area contributed by atoms with E-state index in [1.165, 1.54) is 12.1 Å². The van der Waals surface area contributed by atoms with Gasteiger partial charge in [-0.1, -0.05) is 6.07 Å². The number of amides is 1. The second-order valence-electron chi connectivity index (χ2n) is 5.02. The van der Waals surface area contributed by atoms with Crippen LogP contribution in [0.4, 0.5) is 4.39 Å². The van der Waals surface area contributed by atoms with E-state index in [1.54, 1.807) is 12.1 Å². The molecule has 1 atom stereocenters. The Morgan fingerprint density at radius 3 is 3.15 bits per heavy atom. The first-order valence-electron chi connectivity index (χ1n) is 7.12. The van der Waals surface area contributed by atoms with Crippen LogP contribution >= 0.6 is 0 Å². The average Bonchev–Trinajstić information content (AvgIpc) is 2.45. The molecule has 2 N–H and O–H groups in total. The smallest absolute Gasteiger partial charge is 0.220 e. The Balaban J connectivity index is 1.59. The quantitative estimate of drug-likeness (QED) is 0.782. The Kier molecular flexibility index (Phi) is 5.80. The van der Waals surface area contributed by atoms with Gasteiger partial charge in [-0.25, -0.2) is 4.39 Å². The van der Waals surface area contributed by atoms with Gasteiger partial charge in [0.2, 0.25) is 5.91 Å². The Morgan fingerprint density at radius 2 is 2.40 bits per heavy atom. The molecule has 110 valence electrons. The summed E-state index contributed by atoms with van der Waals surface area (Å²) < 4.78 is 18.3. The molecule has 1 unspecified atom stereocenters. The zero-order valence-electron chi connectivity index (χ0n) is 11.5. The molecule has 1 aromatic carbocycles. The molecule has 5 heteroatoms. The number of hydrogen-bond acceptors (Lipinski definition) is 3. The van der Waals surface area contributed by atoms with Gasteiger partial charge in [0.05, 0.1) is 6.61 Å². The summed E-state index contributed by atoms with van der Waals surface area (Å²) in [4.78, 5) is 11.7. The van der Waals surface area contributed by atoms with E-state index in [9.17, 15) is 9.18 Å². The van der Waals surface area contributed by atoms with Crippen LogP contribution < -0.4 is 15.4 Å². The normalized spacial score (nSPS) is 18.6. The van der Waals surface area contributed by atoms with Crippen molar-refractivity contribution in [2.24, 2.45) is 0 Å². The Morgan fingerprint density at radius 1 is 1.50 bits per heavy atom. The highest BCUT2D eigenvalue weighted by Gasteiger charge is 2.14. The fourth-order valence-corrected chi connectivity index (χ4v) is 2.25. The molecule has 1 aliphatic rings. The summed E-state index contributed by atoms with van der Waals surface area (Å²) in [5, 5.41) is 6.27. The predicted molar refractivity (Wildman–Crippen MR) is 75.2 cm³/mol. The number of hydrogen-bond donors (Lipinski definition) is 2. The van der Waals surface area contributed by atoms with Crippen molar-refractivity contribution >= 4 is 5.91 Å². The second-order valence-corrected chi connectivity index (χ2v) is 5.02. The molecule has 20 heavy (non-hydrogen) atoms. The fourth-order valence-electron chi connectivity index (χ4n) is 2.25. The van der Waals surface area contributed by atoms with Crippen molar-refractivity contribution in [3.05, 3.63) is 30.1 Å². The van der Waals surface area contributed by atoms with Gasteiger partial charge in [-0.15, -0.1) is 0 Å². The molecule has 1 heterocycles. The summed E-state index contributed by atoms with van der Waals surface area (Å²) in [6, 6.07) is 6.27. The molecule has 0 aliphatic carbocycles. The zero-order valence-corrected chi connectivity index (χ0v) is 11.5. The van der Waals surface area contributed by atoms with Crippen molar-refractivity contribution in [2.45, 2.75) is 31.7 Å². The largest absolute Gasteiger partial charge is 0.493 e. The number of halogens is 1. The van der Waals surface area contributed by atoms with Gasteiger partial charge in [-0.05, 0) is 37.9 Å². The van der Waals surface area contributed by atoms with Crippen LogP contribution in [0.2, 0.25) is 0 Å². The monoisotopic (exact) mass is 280 g/mol. The van der Waals surface area contributed by atoms with Crippen molar-refractivity contribution < 1.29 is 13.9 Å². The lowest BCUT2D eigenvalue weighted by Gasteiger charge is -2.23. The summed E-state index contributed by atoms with van der Waals surface area (Å²) in [6.07, 6.45) is 3.21. The number of nitrogens with one attached hydrogen (secondary N) is 2. The first-order chi connectivity index (χ1) is 9.74. The Bertz CT molecular complexity index is 434. The lowest BCUT2D eigenvalue weighted by atomic mass is 10.1. The first-order valence-corrected chi connectivity index (χ1v) is 7.12. The SMILES string of the molecule is O=C(CCCOc1cccc(F)c1)NC1CCCNC1. The molecule has 0 spiro atoms. The molecule has 0 bridgehead atoms. The van der Waals surface area contributed by atoms with Crippen LogP contribution in [0.25, 0.3) is 0 Å². The summed E-state index contributed by atoms with van der Waals surface area (Å²) >= 11 is 0. The van der Waals surface area contributed by atoms with Gasteiger partial charge in [-0.2, -0.15) is 0 Å². The minimum absolute atomic E-state index is 0.0570. The zero-order chi connectivity index (χ0) is 14.2. The van der Waals surface area contributed by atoms with Crippen LogP contribution in [0, 0.1) is 5.82 Å². The van der Waals surface area contributed by atoms with E-state index in [1.807, 2.05) is 0 Å². The van der Waals surface area contributed by atoms with Crippen molar-refractivity contribution in [3.63, 3.8) is 0 Å². The molecule has 4 nitrogen and oxygen atoms in total. The van der Waals surface area contributed by atoms with Crippen LogP contribution in [-0.4, -0.2) is 31.6 Å². The number of ether oxygens (including phenoxy) is 1. The minimum atomic E-state index is -0.315. The maximum atomic E-state index is 12.9. The predicted octanol–water partition coefficient (Wildman–Crippen LogP) is 1.85. The number of rotatable bonds is 6. The van der Waals surface area contributed by atoms with Crippen LogP contribution in [0.1, 0.15) is 25.7 Å². The van der Waals surface area contributed by atoms with E-state index in [0.29, 0.717) is 25.2 Å². The topological polar surface area (TPSA) is 50.4 Å². The highest BCUT2D eigenvalue weighted by Crippen LogP contribution is 2.12. The maximum absolute atomic E-state index is 12.9. The molecule has 1 saturated heterocycles. The number of carbonyl (C=O) groups is 1. The molecule has 2 rings (SSSR count). The molecule has 1 amide bonds. The third-order valence-corrected chi connectivity index (χ3v) is 3.27. The Labute approximate surface area is 118 Å². The van der Waals surface area contributed by atoms with Crippen LogP contribution in [-0.2, 0) is 4.79 Å². The van der Waals surface area contributed by atoms with Crippen LogP contribution in [0.5, 0.6) is 5.75 Å². The van der Waals surface area contributed by atoms with Gasteiger partial charge < -0.3 is 15.4 Å².